The molecule has 2 amide bonds. The first-order valence-corrected chi connectivity index (χ1v) is 14.0. The van der Waals surface area contributed by atoms with Crippen molar-refractivity contribution in [3.8, 4) is 0 Å². The molecule has 8 nitrogen and oxygen atoms in total. The lowest BCUT2D eigenvalue weighted by atomic mass is 9.97. The second-order valence-electron chi connectivity index (χ2n) is 9.88. The number of aromatic nitrogens is 2. The fraction of sp³-hybridized carbons (Fsp3) is 0.400. The third-order valence-corrected chi connectivity index (χ3v) is 7.43. The molecule has 0 unspecified atom stereocenters. The minimum atomic E-state index is -0.521. The van der Waals surface area contributed by atoms with Crippen molar-refractivity contribution in [2.75, 3.05) is 6.54 Å². The van der Waals surface area contributed by atoms with Gasteiger partial charge in [-0.2, -0.15) is 0 Å². The molecule has 1 aliphatic rings. The number of hydrogen-bond acceptors (Lipinski definition) is 4. The lowest BCUT2D eigenvalue weighted by Crippen LogP contribution is -2.42. The molecule has 1 aliphatic carbocycles. The van der Waals surface area contributed by atoms with Gasteiger partial charge in [0.15, 0.2) is 0 Å². The molecule has 0 bridgehead atoms. The number of para-hydroxylation sites is 1. The van der Waals surface area contributed by atoms with E-state index in [0.717, 1.165) is 24.8 Å². The first-order chi connectivity index (χ1) is 18.9. The molecule has 39 heavy (non-hydrogen) atoms. The van der Waals surface area contributed by atoms with Gasteiger partial charge in [0.1, 0.15) is 6.54 Å². The second kappa shape index (κ2) is 13.9. The van der Waals surface area contributed by atoms with E-state index in [9.17, 15) is 19.2 Å². The van der Waals surface area contributed by atoms with Crippen LogP contribution in [0.3, 0.4) is 0 Å². The standard InChI is InChI=1S/C30H35ClN4O4/c31-25-14-6-4-12-23(25)20-33-27(36)16-8-9-19-34-29(38)24-13-5-7-15-26(24)35(30(34)39)21-28(37)32-18-17-22-10-2-1-3-11-22/h4-7,10,12-15H,1-3,8-9,11,16-21H2,(H,32,37)(H,33,36). The number of hydrogen-bond donors (Lipinski definition) is 2. The molecule has 2 N–H and O–H groups in total. The normalized spacial score (nSPS) is 13.2. The van der Waals surface area contributed by atoms with Gasteiger partial charge in [-0.3, -0.25) is 23.5 Å². The van der Waals surface area contributed by atoms with E-state index < -0.39 is 5.69 Å². The van der Waals surface area contributed by atoms with Crippen LogP contribution in [0.25, 0.3) is 10.9 Å². The minimum Gasteiger partial charge on any atom is -0.354 e. The Bertz CT molecular complexity index is 1470. The summed E-state index contributed by atoms with van der Waals surface area (Å²) < 4.78 is 2.53. The van der Waals surface area contributed by atoms with E-state index in [2.05, 4.69) is 16.7 Å². The van der Waals surface area contributed by atoms with Crippen LogP contribution in [0.2, 0.25) is 5.02 Å². The van der Waals surface area contributed by atoms with Gasteiger partial charge in [-0.05, 0) is 68.7 Å². The largest absolute Gasteiger partial charge is 0.354 e. The maximum Gasteiger partial charge on any atom is 0.331 e. The molecule has 9 heteroatoms. The summed E-state index contributed by atoms with van der Waals surface area (Å²) in [6, 6.07) is 14.2. The molecule has 3 aromatic rings. The quantitative estimate of drug-likeness (QED) is 0.259. The van der Waals surface area contributed by atoms with Crippen LogP contribution >= 0.6 is 11.6 Å². The highest BCUT2D eigenvalue weighted by atomic mass is 35.5. The first kappa shape index (κ1) is 28.4. The number of benzene rings is 2. The molecule has 0 saturated heterocycles. The molecule has 2 aromatic carbocycles. The SMILES string of the molecule is O=C(CCCCn1c(=O)c2ccccc2n(CC(=O)NCCC2=CCCCC2)c1=O)NCc1ccccc1Cl. The van der Waals surface area contributed by atoms with Crippen LogP contribution < -0.4 is 21.9 Å². The summed E-state index contributed by atoms with van der Waals surface area (Å²) in [5.41, 5.74) is 1.74. The number of rotatable bonds is 12. The molecule has 0 aliphatic heterocycles. The first-order valence-electron chi connectivity index (χ1n) is 13.6. The monoisotopic (exact) mass is 550 g/mol. The Morgan fingerprint density at radius 1 is 0.897 bits per heavy atom. The Kier molecular flexibility index (Phi) is 10.1. The van der Waals surface area contributed by atoms with Crippen LogP contribution in [-0.2, 0) is 29.2 Å². The maximum atomic E-state index is 13.3. The van der Waals surface area contributed by atoms with Gasteiger partial charge >= 0.3 is 5.69 Å². The van der Waals surface area contributed by atoms with Gasteiger partial charge in [-0.1, -0.05) is 53.6 Å². The average Bonchev–Trinajstić information content (AvgIpc) is 2.95. The predicted octanol–water partition coefficient (Wildman–Crippen LogP) is 4.31. The molecule has 0 spiro atoms. The highest BCUT2D eigenvalue weighted by Gasteiger charge is 2.15. The van der Waals surface area contributed by atoms with Crippen molar-refractivity contribution in [2.45, 2.75) is 71.0 Å². The fourth-order valence-electron chi connectivity index (χ4n) is 4.89. The molecule has 1 aromatic heterocycles. The Morgan fingerprint density at radius 2 is 1.69 bits per heavy atom. The lowest BCUT2D eigenvalue weighted by Gasteiger charge is -2.15. The summed E-state index contributed by atoms with van der Waals surface area (Å²) in [5.74, 6) is -0.391. The Hall–Kier alpha value is -3.65. The minimum absolute atomic E-state index is 0.126. The molecule has 1 heterocycles. The summed E-state index contributed by atoms with van der Waals surface area (Å²) in [6.45, 7) is 0.863. The Labute approximate surface area is 232 Å². The van der Waals surface area contributed by atoms with Gasteiger partial charge < -0.3 is 10.6 Å². The van der Waals surface area contributed by atoms with E-state index in [0.29, 0.717) is 41.9 Å². The average molecular weight is 551 g/mol. The molecule has 0 saturated carbocycles. The van der Waals surface area contributed by atoms with Crippen molar-refractivity contribution in [1.29, 1.82) is 0 Å². The van der Waals surface area contributed by atoms with Gasteiger partial charge in [0, 0.05) is 31.1 Å². The number of allylic oxidation sites excluding steroid dienone is 1. The second-order valence-corrected chi connectivity index (χ2v) is 10.3. The van der Waals surface area contributed by atoms with Crippen molar-refractivity contribution < 1.29 is 9.59 Å². The van der Waals surface area contributed by atoms with Crippen molar-refractivity contribution in [1.82, 2.24) is 19.8 Å². The third kappa shape index (κ3) is 7.69. The summed E-state index contributed by atoms with van der Waals surface area (Å²) >= 11 is 6.13. The van der Waals surface area contributed by atoms with Crippen LogP contribution in [0.4, 0.5) is 0 Å². The van der Waals surface area contributed by atoms with Gasteiger partial charge in [0.05, 0.1) is 10.9 Å². The zero-order valence-electron chi connectivity index (χ0n) is 22.1. The molecular weight excluding hydrogens is 516 g/mol. The smallest absolute Gasteiger partial charge is 0.331 e. The van der Waals surface area contributed by atoms with Crippen LogP contribution in [0.5, 0.6) is 0 Å². The number of unbranched alkanes of at least 4 members (excludes halogenated alkanes) is 1. The fourth-order valence-corrected chi connectivity index (χ4v) is 5.10. The van der Waals surface area contributed by atoms with Crippen LogP contribution in [0.15, 0.2) is 69.8 Å². The van der Waals surface area contributed by atoms with E-state index in [1.54, 1.807) is 30.3 Å². The number of nitrogens with one attached hydrogen (secondary N) is 2. The maximum absolute atomic E-state index is 13.3. The number of nitrogens with zero attached hydrogens (tertiary/aromatic N) is 2. The highest BCUT2D eigenvalue weighted by molar-refractivity contribution is 6.31. The van der Waals surface area contributed by atoms with Crippen LogP contribution in [0, 0.1) is 0 Å². The van der Waals surface area contributed by atoms with Crippen LogP contribution in [-0.4, -0.2) is 27.5 Å². The lowest BCUT2D eigenvalue weighted by molar-refractivity contribution is -0.122. The van der Waals surface area contributed by atoms with E-state index in [1.807, 2.05) is 18.2 Å². The number of halogens is 1. The zero-order chi connectivity index (χ0) is 27.6. The molecular formula is C30H35ClN4O4. The third-order valence-electron chi connectivity index (χ3n) is 7.06. The zero-order valence-corrected chi connectivity index (χ0v) is 22.8. The number of amides is 2. The molecule has 0 radical (unpaired) electrons. The van der Waals surface area contributed by atoms with Crippen molar-refractivity contribution in [3.63, 3.8) is 0 Å². The van der Waals surface area contributed by atoms with Gasteiger partial charge in [0.25, 0.3) is 5.56 Å². The van der Waals surface area contributed by atoms with Gasteiger partial charge in [0.2, 0.25) is 11.8 Å². The summed E-state index contributed by atoms with van der Waals surface area (Å²) in [6.07, 6.45) is 8.89. The summed E-state index contributed by atoms with van der Waals surface area (Å²) in [5, 5.41) is 6.75. The van der Waals surface area contributed by atoms with Crippen molar-refractivity contribution >= 4 is 34.3 Å². The number of carbonyl (C=O) groups excluding carboxylic acids is 2. The predicted molar refractivity (Wildman–Crippen MR) is 154 cm³/mol. The van der Waals surface area contributed by atoms with Crippen LogP contribution in [0.1, 0.15) is 56.9 Å². The molecule has 206 valence electrons. The molecule has 4 rings (SSSR count). The molecule has 0 atom stereocenters. The summed E-state index contributed by atoms with van der Waals surface area (Å²) in [7, 11) is 0. The van der Waals surface area contributed by atoms with Gasteiger partial charge in [-0.15, -0.1) is 0 Å². The number of fused-ring (bicyclic) bond motifs is 1. The van der Waals surface area contributed by atoms with E-state index in [-0.39, 0.29) is 36.9 Å². The summed E-state index contributed by atoms with van der Waals surface area (Å²) in [4.78, 5) is 51.4. The van der Waals surface area contributed by atoms with E-state index in [1.165, 1.54) is 27.5 Å². The topological polar surface area (TPSA) is 102 Å². The Balaban J connectivity index is 1.36. The molecule has 0 fully saturated rings. The van der Waals surface area contributed by atoms with Crippen molar-refractivity contribution in [3.05, 3.63) is 91.6 Å². The van der Waals surface area contributed by atoms with E-state index >= 15 is 0 Å². The van der Waals surface area contributed by atoms with Gasteiger partial charge in [-0.25, -0.2) is 4.79 Å². The number of carbonyl (C=O) groups is 2. The van der Waals surface area contributed by atoms with E-state index in [4.69, 9.17) is 11.6 Å². The van der Waals surface area contributed by atoms with Crippen molar-refractivity contribution in [2.24, 2.45) is 0 Å². The highest BCUT2D eigenvalue weighted by Crippen LogP contribution is 2.19. The Morgan fingerprint density at radius 3 is 2.49 bits per heavy atom.